The summed E-state index contributed by atoms with van der Waals surface area (Å²) in [4.78, 5) is 20.7. The molecular weight excluding hydrogens is 297 g/mol. The van der Waals surface area contributed by atoms with Crippen LogP contribution < -0.4 is 4.74 Å². The number of hydrogen-bond donors (Lipinski definition) is 0. The van der Waals surface area contributed by atoms with Gasteiger partial charge in [0.25, 0.3) is 0 Å². The van der Waals surface area contributed by atoms with Crippen LogP contribution in [0.5, 0.6) is 5.75 Å². The fraction of sp³-hybridized carbons (Fsp3) is 0.118. The molecule has 1 aliphatic heterocycles. The van der Waals surface area contributed by atoms with Gasteiger partial charge in [-0.3, -0.25) is 9.36 Å². The van der Waals surface area contributed by atoms with Gasteiger partial charge in [0.05, 0.1) is 5.69 Å². The second-order valence-electron chi connectivity index (χ2n) is 5.32. The number of fused-ring (bicyclic) bond motifs is 1. The van der Waals surface area contributed by atoms with E-state index < -0.39 is 17.7 Å². The molecule has 1 aromatic carbocycles. The fourth-order valence-electron chi connectivity index (χ4n) is 2.65. The monoisotopic (exact) mass is 309 g/mol. The minimum Gasteiger partial charge on any atom is -0.426 e. The molecule has 114 valence electrons. The Kier molecular flexibility index (Phi) is 3.15. The molecule has 0 N–H and O–H groups in total. The third kappa shape index (κ3) is 2.48. The van der Waals surface area contributed by atoms with Gasteiger partial charge >= 0.3 is 5.97 Å². The van der Waals surface area contributed by atoms with E-state index in [1.807, 2.05) is 18.2 Å². The smallest absolute Gasteiger partial charge is 0.320 e. The van der Waals surface area contributed by atoms with Crippen LogP contribution in [-0.4, -0.2) is 20.5 Å². The minimum absolute atomic E-state index is 0.287. The van der Waals surface area contributed by atoms with Crippen LogP contribution in [0, 0.1) is 5.82 Å². The first-order chi connectivity index (χ1) is 11.2. The standard InChI is InChI=1S/C17H12FN3O2/c18-12-5-4-11-7-13(17(22)23-15(11)8-12)14-9-21(10-20-14)16-3-1-2-6-19-16/h1-6,8-10,13H,7H2. The predicted molar refractivity (Wildman–Crippen MR) is 79.8 cm³/mol. The molecule has 1 unspecified atom stereocenters. The molecule has 0 fully saturated rings. The van der Waals surface area contributed by atoms with E-state index in [0.717, 1.165) is 11.4 Å². The summed E-state index contributed by atoms with van der Waals surface area (Å²) < 4.78 is 20.2. The Labute approximate surface area is 131 Å². The molecule has 0 bridgehead atoms. The van der Waals surface area contributed by atoms with Gasteiger partial charge in [-0.1, -0.05) is 12.1 Å². The van der Waals surface area contributed by atoms with Gasteiger partial charge in [-0.2, -0.15) is 0 Å². The van der Waals surface area contributed by atoms with Crippen molar-refractivity contribution in [1.29, 1.82) is 0 Å². The zero-order valence-electron chi connectivity index (χ0n) is 12.0. The Morgan fingerprint density at radius 3 is 2.96 bits per heavy atom. The molecule has 0 saturated heterocycles. The summed E-state index contributed by atoms with van der Waals surface area (Å²) in [6, 6.07) is 9.79. The maximum absolute atomic E-state index is 13.2. The van der Waals surface area contributed by atoms with E-state index in [2.05, 4.69) is 9.97 Å². The van der Waals surface area contributed by atoms with Crippen molar-refractivity contribution in [3.05, 3.63) is 72.2 Å². The first-order valence-corrected chi connectivity index (χ1v) is 7.16. The fourth-order valence-corrected chi connectivity index (χ4v) is 2.65. The van der Waals surface area contributed by atoms with Crippen LogP contribution in [0.2, 0.25) is 0 Å². The minimum atomic E-state index is -0.502. The number of pyridine rings is 1. The summed E-state index contributed by atoms with van der Waals surface area (Å²) in [6.45, 7) is 0. The number of carbonyl (C=O) groups is 1. The normalized spacial score (nSPS) is 16.7. The third-order valence-electron chi connectivity index (χ3n) is 3.82. The topological polar surface area (TPSA) is 57.0 Å². The van der Waals surface area contributed by atoms with Crippen molar-refractivity contribution >= 4 is 5.97 Å². The molecule has 1 aliphatic rings. The van der Waals surface area contributed by atoms with Gasteiger partial charge in [-0.25, -0.2) is 14.4 Å². The molecule has 0 saturated carbocycles. The van der Waals surface area contributed by atoms with Crippen LogP contribution in [0.25, 0.3) is 5.82 Å². The number of carbonyl (C=O) groups excluding carboxylic acids is 1. The number of halogens is 1. The summed E-state index contributed by atoms with van der Waals surface area (Å²) in [7, 11) is 0. The lowest BCUT2D eigenvalue weighted by molar-refractivity contribution is -0.137. The van der Waals surface area contributed by atoms with Gasteiger partial charge < -0.3 is 4.74 Å². The van der Waals surface area contributed by atoms with Crippen molar-refractivity contribution in [2.24, 2.45) is 0 Å². The van der Waals surface area contributed by atoms with E-state index in [9.17, 15) is 9.18 Å². The molecule has 6 heteroatoms. The van der Waals surface area contributed by atoms with Crippen LogP contribution in [0.3, 0.4) is 0 Å². The molecule has 5 nitrogen and oxygen atoms in total. The zero-order valence-corrected chi connectivity index (χ0v) is 12.0. The summed E-state index contributed by atoms with van der Waals surface area (Å²) >= 11 is 0. The quantitative estimate of drug-likeness (QED) is 0.539. The molecule has 23 heavy (non-hydrogen) atoms. The summed E-state index contributed by atoms with van der Waals surface area (Å²) in [5.41, 5.74) is 1.40. The molecule has 2 aromatic heterocycles. The van der Waals surface area contributed by atoms with E-state index in [4.69, 9.17) is 4.74 Å². The summed E-state index contributed by atoms with van der Waals surface area (Å²) in [5.74, 6) is -0.338. The van der Waals surface area contributed by atoms with E-state index in [1.165, 1.54) is 12.1 Å². The first-order valence-electron chi connectivity index (χ1n) is 7.16. The van der Waals surface area contributed by atoms with Crippen LogP contribution in [0.1, 0.15) is 17.2 Å². The molecule has 0 spiro atoms. The molecule has 1 atom stereocenters. The van der Waals surface area contributed by atoms with Gasteiger partial charge in [0.15, 0.2) is 0 Å². The number of hydrogen-bond acceptors (Lipinski definition) is 4. The van der Waals surface area contributed by atoms with Crippen LogP contribution >= 0.6 is 0 Å². The van der Waals surface area contributed by atoms with Crippen molar-refractivity contribution in [3.63, 3.8) is 0 Å². The van der Waals surface area contributed by atoms with E-state index in [0.29, 0.717) is 12.1 Å². The zero-order chi connectivity index (χ0) is 15.8. The Morgan fingerprint density at radius 2 is 2.13 bits per heavy atom. The van der Waals surface area contributed by atoms with Gasteiger partial charge in [0.1, 0.15) is 29.6 Å². The second kappa shape index (κ2) is 5.31. The number of nitrogens with zero attached hydrogens (tertiary/aromatic N) is 3. The van der Waals surface area contributed by atoms with Crippen molar-refractivity contribution in [2.75, 3.05) is 0 Å². The summed E-state index contributed by atoms with van der Waals surface area (Å²) in [5, 5.41) is 0. The van der Waals surface area contributed by atoms with Crippen LogP contribution in [-0.2, 0) is 11.2 Å². The molecule has 0 aliphatic carbocycles. The Morgan fingerprint density at radius 1 is 1.22 bits per heavy atom. The van der Waals surface area contributed by atoms with Crippen molar-refractivity contribution in [1.82, 2.24) is 14.5 Å². The number of benzene rings is 1. The van der Waals surface area contributed by atoms with Crippen LogP contribution in [0.4, 0.5) is 4.39 Å². The Hall–Kier alpha value is -3.02. The highest BCUT2D eigenvalue weighted by Gasteiger charge is 2.31. The van der Waals surface area contributed by atoms with E-state index >= 15 is 0 Å². The average molecular weight is 309 g/mol. The number of ether oxygens (including phenoxy) is 1. The number of esters is 1. The average Bonchev–Trinajstić information content (AvgIpc) is 3.05. The SMILES string of the molecule is O=C1Oc2cc(F)ccc2CC1c1cn(-c2ccccn2)cn1. The van der Waals surface area contributed by atoms with Crippen molar-refractivity contribution in [3.8, 4) is 11.6 Å². The number of aromatic nitrogens is 3. The largest absolute Gasteiger partial charge is 0.426 e. The second-order valence-corrected chi connectivity index (χ2v) is 5.32. The number of imidazole rings is 1. The van der Waals surface area contributed by atoms with Crippen molar-refractivity contribution < 1.29 is 13.9 Å². The molecular formula is C17H12FN3O2. The summed E-state index contributed by atoms with van der Waals surface area (Å²) in [6.07, 6.45) is 5.51. The molecule has 0 radical (unpaired) electrons. The van der Waals surface area contributed by atoms with Crippen LogP contribution in [0.15, 0.2) is 55.1 Å². The highest BCUT2D eigenvalue weighted by atomic mass is 19.1. The third-order valence-corrected chi connectivity index (χ3v) is 3.82. The first kappa shape index (κ1) is 13.6. The maximum Gasteiger partial charge on any atom is 0.320 e. The molecule has 3 aromatic rings. The van der Waals surface area contributed by atoms with Gasteiger partial charge in [0, 0.05) is 18.5 Å². The van der Waals surface area contributed by atoms with Gasteiger partial charge in [-0.15, -0.1) is 0 Å². The highest BCUT2D eigenvalue weighted by molar-refractivity contribution is 5.82. The van der Waals surface area contributed by atoms with Crippen molar-refractivity contribution in [2.45, 2.75) is 12.3 Å². The highest BCUT2D eigenvalue weighted by Crippen LogP contribution is 2.33. The van der Waals surface area contributed by atoms with Gasteiger partial charge in [0.2, 0.25) is 0 Å². The predicted octanol–water partition coefficient (Wildman–Crippen LogP) is 2.65. The molecule has 3 heterocycles. The Bertz CT molecular complexity index is 877. The maximum atomic E-state index is 13.2. The molecule has 0 amide bonds. The van der Waals surface area contributed by atoms with E-state index in [-0.39, 0.29) is 5.75 Å². The van der Waals surface area contributed by atoms with E-state index in [1.54, 1.807) is 29.4 Å². The lowest BCUT2D eigenvalue weighted by Crippen LogP contribution is -2.26. The number of rotatable bonds is 2. The lowest BCUT2D eigenvalue weighted by Gasteiger charge is -2.22. The molecule has 4 rings (SSSR count). The Balaban J connectivity index is 1.65. The lowest BCUT2D eigenvalue weighted by atomic mass is 9.94. The van der Waals surface area contributed by atoms with Gasteiger partial charge in [-0.05, 0) is 30.2 Å².